The van der Waals surface area contributed by atoms with Crippen LogP contribution in [0.4, 0.5) is 5.69 Å². The van der Waals surface area contributed by atoms with Crippen LogP contribution in [0.3, 0.4) is 0 Å². The van der Waals surface area contributed by atoms with Gasteiger partial charge in [-0.1, -0.05) is 29.5 Å². The standard InChI is InChI=1S/C20H23N5OS/c1-13-4-6-17(7-5-13)25-15(3)19(14(2)23-25)22-18(26)12-27-20-21-10-11-24(20)16-8-9-16/h4-7,10-11,16H,8-9,12H2,1-3H3,(H,22,26). The Bertz CT molecular complexity index is 969. The molecule has 3 aromatic rings. The summed E-state index contributed by atoms with van der Waals surface area (Å²) in [5.74, 6) is 0.290. The summed E-state index contributed by atoms with van der Waals surface area (Å²) in [6.07, 6.45) is 6.20. The molecule has 0 unspecified atom stereocenters. The van der Waals surface area contributed by atoms with Crippen molar-refractivity contribution in [3.63, 3.8) is 0 Å². The Morgan fingerprint density at radius 1 is 1.22 bits per heavy atom. The number of nitrogens with one attached hydrogen (secondary N) is 1. The van der Waals surface area contributed by atoms with E-state index in [0.717, 1.165) is 27.9 Å². The number of carbonyl (C=O) groups excluding carboxylic acids is 1. The van der Waals surface area contributed by atoms with Crippen LogP contribution >= 0.6 is 11.8 Å². The molecule has 4 rings (SSSR count). The zero-order valence-electron chi connectivity index (χ0n) is 15.8. The highest BCUT2D eigenvalue weighted by Gasteiger charge is 2.26. The molecule has 27 heavy (non-hydrogen) atoms. The lowest BCUT2D eigenvalue weighted by molar-refractivity contribution is -0.113. The third-order valence-electron chi connectivity index (χ3n) is 4.74. The van der Waals surface area contributed by atoms with Crippen LogP contribution < -0.4 is 5.32 Å². The molecule has 0 saturated heterocycles. The Morgan fingerprint density at radius 2 is 1.96 bits per heavy atom. The second kappa shape index (κ2) is 7.23. The van der Waals surface area contributed by atoms with Crippen molar-refractivity contribution in [1.82, 2.24) is 19.3 Å². The quantitative estimate of drug-likeness (QED) is 0.654. The van der Waals surface area contributed by atoms with Crippen LogP contribution in [0.2, 0.25) is 0 Å². The number of thioether (sulfide) groups is 1. The second-order valence-electron chi connectivity index (χ2n) is 6.98. The van der Waals surface area contributed by atoms with Crippen LogP contribution in [-0.2, 0) is 4.79 Å². The summed E-state index contributed by atoms with van der Waals surface area (Å²) in [7, 11) is 0. The number of nitrogens with zero attached hydrogens (tertiary/aromatic N) is 4. The van der Waals surface area contributed by atoms with Gasteiger partial charge in [0.05, 0.1) is 28.5 Å². The van der Waals surface area contributed by atoms with Crippen LogP contribution in [0.25, 0.3) is 5.69 Å². The van der Waals surface area contributed by atoms with Gasteiger partial charge in [-0.15, -0.1) is 0 Å². The molecule has 7 heteroatoms. The highest BCUT2D eigenvalue weighted by atomic mass is 32.2. The monoisotopic (exact) mass is 381 g/mol. The number of aromatic nitrogens is 4. The predicted octanol–water partition coefficient (Wildman–Crippen LogP) is 4.06. The minimum absolute atomic E-state index is 0.0417. The van der Waals surface area contributed by atoms with E-state index in [-0.39, 0.29) is 5.91 Å². The van der Waals surface area contributed by atoms with Gasteiger partial charge in [-0.3, -0.25) is 4.79 Å². The maximum Gasteiger partial charge on any atom is 0.234 e. The Morgan fingerprint density at radius 3 is 2.67 bits per heavy atom. The molecule has 0 bridgehead atoms. The van der Waals surface area contributed by atoms with E-state index in [0.29, 0.717) is 11.8 Å². The molecule has 1 amide bonds. The molecule has 0 spiro atoms. The highest BCUT2D eigenvalue weighted by Crippen LogP contribution is 2.37. The fourth-order valence-electron chi connectivity index (χ4n) is 3.11. The number of amides is 1. The molecule has 140 valence electrons. The summed E-state index contributed by atoms with van der Waals surface area (Å²) in [6.45, 7) is 5.95. The van der Waals surface area contributed by atoms with Crippen molar-refractivity contribution in [2.45, 2.75) is 44.8 Å². The summed E-state index contributed by atoms with van der Waals surface area (Å²) < 4.78 is 4.04. The number of benzene rings is 1. The lowest BCUT2D eigenvalue weighted by Crippen LogP contribution is -2.15. The first kappa shape index (κ1) is 17.9. The van der Waals surface area contributed by atoms with Crippen LogP contribution in [0.1, 0.15) is 35.8 Å². The summed E-state index contributed by atoms with van der Waals surface area (Å²) in [6, 6.07) is 8.75. The first-order valence-electron chi connectivity index (χ1n) is 9.11. The molecule has 1 N–H and O–H groups in total. The molecule has 1 aliphatic carbocycles. The predicted molar refractivity (Wildman–Crippen MR) is 108 cm³/mol. The Balaban J connectivity index is 1.45. The van der Waals surface area contributed by atoms with Gasteiger partial charge in [0.1, 0.15) is 0 Å². The lowest BCUT2D eigenvalue weighted by Gasteiger charge is -2.08. The minimum atomic E-state index is -0.0417. The zero-order chi connectivity index (χ0) is 19.0. The van der Waals surface area contributed by atoms with Crippen LogP contribution in [-0.4, -0.2) is 31.0 Å². The van der Waals surface area contributed by atoms with Crippen LogP contribution in [0.15, 0.2) is 41.8 Å². The Labute approximate surface area is 163 Å². The Kier molecular flexibility index (Phi) is 4.78. The lowest BCUT2D eigenvalue weighted by atomic mass is 10.2. The van der Waals surface area contributed by atoms with Gasteiger partial charge in [-0.25, -0.2) is 9.67 Å². The van der Waals surface area contributed by atoms with Crippen molar-refractivity contribution >= 4 is 23.4 Å². The molecule has 1 fully saturated rings. The molecular weight excluding hydrogens is 358 g/mol. The number of rotatable bonds is 6. The van der Waals surface area contributed by atoms with Gasteiger partial charge in [0, 0.05) is 18.4 Å². The average Bonchev–Trinajstić information content (AvgIpc) is 3.33. The smallest absolute Gasteiger partial charge is 0.234 e. The molecule has 0 atom stereocenters. The first-order valence-corrected chi connectivity index (χ1v) is 10.1. The van der Waals surface area contributed by atoms with Gasteiger partial charge in [0.25, 0.3) is 0 Å². The molecule has 1 saturated carbocycles. The van der Waals surface area contributed by atoms with E-state index in [1.165, 1.54) is 30.2 Å². The molecule has 0 radical (unpaired) electrons. The van der Waals surface area contributed by atoms with Crippen molar-refractivity contribution in [3.8, 4) is 5.69 Å². The Hall–Kier alpha value is -2.54. The van der Waals surface area contributed by atoms with Gasteiger partial charge in [-0.05, 0) is 45.7 Å². The van der Waals surface area contributed by atoms with Crippen molar-refractivity contribution in [2.75, 3.05) is 11.1 Å². The zero-order valence-corrected chi connectivity index (χ0v) is 16.6. The number of hydrogen-bond donors (Lipinski definition) is 1. The van der Waals surface area contributed by atoms with E-state index in [4.69, 9.17) is 0 Å². The largest absolute Gasteiger partial charge is 0.323 e. The third kappa shape index (κ3) is 3.78. The molecule has 2 heterocycles. The number of imidazole rings is 1. The fourth-order valence-corrected chi connectivity index (χ4v) is 3.94. The van der Waals surface area contributed by atoms with Gasteiger partial charge in [0.2, 0.25) is 5.91 Å². The molecule has 1 aromatic carbocycles. The van der Waals surface area contributed by atoms with E-state index in [9.17, 15) is 4.79 Å². The SMILES string of the molecule is Cc1ccc(-n2nc(C)c(NC(=O)CSc3nccn3C3CC3)c2C)cc1. The van der Waals surface area contributed by atoms with Crippen molar-refractivity contribution in [3.05, 3.63) is 53.6 Å². The first-order chi connectivity index (χ1) is 13.0. The number of anilines is 1. The maximum atomic E-state index is 12.5. The van der Waals surface area contributed by atoms with Gasteiger partial charge < -0.3 is 9.88 Å². The summed E-state index contributed by atoms with van der Waals surface area (Å²) in [4.78, 5) is 16.9. The van der Waals surface area contributed by atoms with E-state index in [2.05, 4.69) is 39.0 Å². The highest BCUT2D eigenvalue weighted by molar-refractivity contribution is 7.99. The minimum Gasteiger partial charge on any atom is -0.323 e. The summed E-state index contributed by atoms with van der Waals surface area (Å²) in [5.41, 5.74) is 4.71. The van der Waals surface area contributed by atoms with Gasteiger partial charge in [0.15, 0.2) is 5.16 Å². The van der Waals surface area contributed by atoms with Gasteiger partial charge in [-0.2, -0.15) is 5.10 Å². The van der Waals surface area contributed by atoms with Crippen molar-refractivity contribution < 1.29 is 4.79 Å². The molecular formula is C20H23N5OS. The van der Waals surface area contributed by atoms with E-state index >= 15 is 0 Å². The third-order valence-corrected chi connectivity index (χ3v) is 5.72. The number of carbonyl (C=O) groups is 1. The van der Waals surface area contributed by atoms with Crippen molar-refractivity contribution in [1.29, 1.82) is 0 Å². The maximum absolute atomic E-state index is 12.5. The average molecular weight is 382 g/mol. The van der Waals surface area contributed by atoms with Crippen molar-refractivity contribution in [2.24, 2.45) is 0 Å². The summed E-state index contributed by atoms with van der Waals surface area (Å²) in [5, 5.41) is 8.54. The molecule has 1 aliphatic rings. The fraction of sp³-hybridized carbons (Fsp3) is 0.350. The number of hydrogen-bond acceptors (Lipinski definition) is 4. The van der Waals surface area contributed by atoms with Gasteiger partial charge >= 0.3 is 0 Å². The second-order valence-corrected chi connectivity index (χ2v) is 7.92. The van der Waals surface area contributed by atoms with E-state index in [1.807, 2.05) is 36.9 Å². The van der Waals surface area contributed by atoms with E-state index in [1.54, 1.807) is 6.20 Å². The molecule has 2 aromatic heterocycles. The van der Waals surface area contributed by atoms with E-state index < -0.39 is 0 Å². The van der Waals surface area contributed by atoms with Crippen LogP contribution in [0, 0.1) is 20.8 Å². The summed E-state index contributed by atoms with van der Waals surface area (Å²) >= 11 is 1.48. The molecule has 0 aliphatic heterocycles. The number of aryl methyl sites for hydroxylation is 2. The molecule has 6 nitrogen and oxygen atoms in total. The van der Waals surface area contributed by atoms with Crippen LogP contribution in [0.5, 0.6) is 0 Å². The normalized spacial score (nSPS) is 13.7. The topological polar surface area (TPSA) is 64.7 Å².